The van der Waals surface area contributed by atoms with Gasteiger partial charge in [0.2, 0.25) is 0 Å². The molecule has 122 valence electrons. The van der Waals surface area contributed by atoms with Crippen LogP contribution in [-0.2, 0) is 14.9 Å². The van der Waals surface area contributed by atoms with Crippen molar-refractivity contribution in [3.63, 3.8) is 0 Å². The van der Waals surface area contributed by atoms with Crippen LogP contribution in [0.2, 0.25) is 0 Å². The SMILES string of the molecule is CCOC(=O)C1(c2ccccc2)CC1(C)N(CCO)CCO. The highest BCUT2D eigenvalue weighted by Crippen LogP contribution is 2.61. The van der Waals surface area contributed by atoms with Gasteiger partial charge in [-0.3, -0.25) is 9.69 Å². The smallest absolute Gasteiger partial charge is 0.318 e. The minimum absolute atomic E-state index is 0.0106. The molecular weight excluding hydrogens is 282 g/mol. The summed E-state index contributed by atoms with van der Waals surface area (Å²) in [7, 11) is 0. The summed E-state index contributed by atoms with van der Waals surface area (Å²) in [5.74, 6) is -0.232. The molecule has 5 heteroatoms. The molecule has 2 atom stereocenters. The molecule has 2 rings (SSSR count). The second kappa shape index (κ2) is 6.77. The van der Waals surface area contributed by atoms with Gasteiger partial charge < -0.3 is 14.9 Å². The lowest BCUT2D eigenvalue weighted by Gasteiger charge is -2.32. The van der Waals surface area contributed by atoms with Crippen molar-refractivity contribution < 1.29 is 19.7 Å². The molecule has 0 spiro atoms. The molecule has 1 aromatic carbocycles. The number of esters is 1. The standard InChI is InChI=1S/C17H25NO4/c1-3-22-15(21)17(14-7-5-4-6-8-14)13-16(17,2)18(9-11-19)10-12-20/h4-8,19-20H,3,9-13H2,1-2H3. The fraction of sp³-hybridized carbons (Fsp3) is 0.588. The van der Waals surface area contributed by atoms with E-state index in [2.05, 4.69) is 0 Å². The van der Waals surface area contributed by atoms with Gasteiger partial charge in [0.05, 0.1) is 19.8 Å². The van der Waals surface area contributed by atoms with Crippen LogP contribution in [-0.4, -0.2) is 59.5 Å². The summed E-state index contributed by atoms with van der Waals surface area (Å²) in [6.07, 6.45) is 0.628. The van der Waals surface area contributed by atoms with Crippen LogP contribution in [0.1, 0.15) is 25.8 Å². The van der Waals surface area contributed by atoms with Gasteiger partial charge in [0.1, 0.15) is 5.41 Å². The van der Waals surface area contributed by atoms with E-state index in [1.807, 2.05) is 42.2 Å². The maximum absolute atomic E-state index is 12.7. The summed E-state index contributed by atoms with van der Waals surface area (Å²) < 4.78 is 5.33. The molecule has 0 saturated heterocycles. The van der Waals surface area contributed by atoms with Gasteiger partial charge in [0.25, 0.3) is 0 Å². The monoisotopic (exact) mass is 307 g/mol. The summed E-state index contributed by atoms with van der Waals surface area (Å²) in [6.45, 7) is 4.96. The van der Waals surface area contributed by atoms with Crippen LogP contribution < -0.4 is 0 Å². The summed E-state index contributed by atoms with van der Waals surface area (Å²) in [6, 6.07) is 9.63. The van der Waals surface area contributed by atoms with E-state index in [1.54, 1.807) is 6.92 Å². The third-order valence-corrected chi connectivity index (χ3v) is 4.73. The molecule has 1 aliphatic carbocycles. The number of nitrogens with zero attached hydrogens (tertiary/aromatic N) is 1. The first-order valence-electron chi connectivity index (χ1n) is 7.76. The summed E-state index contributed by atoms with van der Waals surface area (Å²) in [4.78, 5) is 14.7. The molecule has 5 nitrogen and oxygen atoms in total. The van der Waals surface area contributed by atoms with Crippen molar-refractivity contribution in [3.8, 4) is 0 Å². The van der Waals surface area contributed by atoms with Crippen LogP contribution in [0.15, 0.2) is 30.3 Å². The second-order valence-electron chi connectivity index (χ2n) is 5.88. The third-order valence-electron chi connectivity index (χ3n) is 4.73. The molecule has 0 aliphatic heterocycles. The van der Waals surface area contributed by atoms with Crippen molar-refractivity contribution in [2.75, 3.05) is 32.9 Å². The molecule has 0 heterocycles. The van der Waals surface area contributed by atoms with Crippen LogP contribution in [0.5, 0.6) is 0 Å². The molecule has 2 N–H and O–H groups in total. The van der Waals surface area contributed by atoms with Crippen molar-refractivity contribution in [1.29, 1.82) is 0 Å². The van der Waals surface area contributed by atoms with Gasteiger partial charge in [0.15, 0.2) is 0 Å². The maximum atomic E-state index is 12.7. The molecule has 0 radical (unpaired) electrons. The Labute approximate surface area is 131 Å². The summed E-state index contributed by atoms with van der Waals surface area (Å²) in [5.41, 5.74) is -0.252. The van der Waals surface area contributed by atoms with Gasteiger partial charge in [0, 0.05) is 18.6 Å². The largest absolute Gasteiger partial charge is 0.465 e. The average molecular weight is 307 g/mol. The number of aliphatic hydroxyl groups is 2. The van der Waals surface area contributed by atoms with Gasteiger partial charge in [-0.15, -0.1) is 0 Å². The third kappa shape index (κ3) is 2.64. The van der Waals surface area contributed by atoms with E-state index in [9.17, 15) is 15.0 Å². The highest BCUT2D eigenvalue weighted by Gasteiger charge is 2.73. The zero-order valence-electron chi connectivity index (χ0n) is 13.3. The number of hydrogen-bond acceptors (Lipinski definition) is 5. The Balaban J connectivity index is 2.39. The average Bonchev–Trinajstić information content (AvgIpc) is 3.17. The fourth-order valence-corrected chi connectivity index (χ4v) is 3.50. The molecule has 0 amide bonds. The lowest BCUT2D eigenvalue weighted by atomic mass is 9.90. The molecule has 0 aromatic heterocycles. The molecule has 0 bridgehead atoms. The van der Waals surface area contributed by atoms with Crippen molar-refractivity contribution in [1.82, 2.24) is 4.90 Å². The Morgan fingerprint density at radius 1 is 1.23 bits per heavy atom. The predicted molar refractivity (Wildman–Crippen MR) is 83.5 cm³/mol. The van der Waals surface area contributed by atoms with Gasteiger partial charge in [-0.05, 0) is 25.8 Å². The molecule has 1 saturated carbocycles. The van der Waals surface area contributed by atoms with E-state index < -0.39 is 11.0 Å². The van der Waals surface area contributed by atoms with E-state index in [4.69, 9.17) is 4.74 Å². The number of hydrogen-bond donors (Lipinski definition) is 2. The number of carbonyl (C=O) groups excluding carboxylic acids is 1. The predicted octanol–water partition coefficient (Wildman–Crippen LogP) is 0.936. The van der Waals surface area contributed by atoms with E-state index in [0.717, 1.165) is 5.56 Å². The molecular formula is C17H25NO4. The van der Waals surface area contributed by atoms with Crippen molar-refractivity contribution >= 4 is 5.97 Å². The zero-order valence-corrected chi connectivity index (χ0v) is 13.3. The lowest BCUT2D eigenvalue weighted by molar-refractivity contribution is -0.147. The summed E-state index contributed by atoms with van der Waals surface area (Å²) in [5, 5.41) is 18.6. The van der Waals surface area contributed by atoms with Gasteiger partial charge in [-0.1, -0.05) is 30.3 Å². The van der Waals surface area contributed by atoms with Crippen LogP contribution in [0.3, 0.4) is 0 Å². The molecule has 1 fully saturated rings. The van der Waals surface area contributed by atoms with Crippen LogP contribution in [0.4, 0.5) is 0 Å². The van der Waals surface area contributed by atoms with E-state index >= 15 is 0 Å². The van der Waals surface area contributed by atoms with E-state index in [1.165, 1.54) is 0 Å². The van der Waals surface area contributed by atoms with Crippen LogP contribution >= 0.6 is 0 Å². The Morgan fingerprint density at radius 2 is 1.82 bits per heavy atom. The van der Waals surface area contributed by atoms with E-state index in [0.29, 0.717) is 26.1 Å². The second-order valence-corrected chi connectivity index (χ2v) is 5.88. The molecule has 1 aromatic rings. The van der Waals surface area contributed by atoms with Crippen molar-refractivity contribution in [3.05, 3.63) is 35.9 Å². The Kier molecular flexibility index (Phi) is 5.21. The molecule has 22 heavy (non-hydrogen) atoms. The van der Waals surface area contributed by atoms with Crippen LogP contribution in [0, 0.1) is 0 Å². The first-order valence-corrected chi connectivity index (χ1v) is 7.76. The first kappa shape index (κ1) is 16.9. The Morgan fingerprint density at radius 3 is 2.32 bits per heavy atom. The van der Waals surface area contributed by atoms with Gasteiger partial charge in [-0.2, -0.15) is 0 Å². The number of benzene rings is 1. The number of β-amino-alcohol motifs (C(OH)–C–C–N with tert-alkyl or cyclic N) is 2. The molecule has 2 unspecified atom stereocenters. The van der Waals surface area contributed by atoms with Crippen molar-refractivity contribution in [2.45, 2.75) is 31.2 Å². The summed E-state index contributed by atoms with van der Waals surface area (Å²) >= 11 is 0. The fourth-order valence-electron chi connectivity index (χ4n) is 3.50. The zero-order chi connectivity index (χ0) is 16.2. The van der Waals surface area contributed by atoms with E-state index in [-0.39, 0.29) is 19.2 Å². The minimum Gasteiger partial charge on any atom is -0.465 e. The number of ether oxygens (including phenoxy) is 1. The highest BCUT2D eigenvalue weighted by atomic mass is 16.5. The number of rotatable bonds is 8. The number of carbonyl (C=O) groups is 1. The minimum atomic E-state index is -0.728. The van der Waals surface area contributed by atoms with Gasteiger partial charge >= 0.3 is 5.97 Å². The van der Waals surface area contributed by atoms with Crippen molar-refractivity contribution in [2.24, 2.45) is 0 Å². The molecule has 1 aliphatic rings. The van der Waals surface area contributed by atoms with Crippen LogP contribution in [0.25, 0.3) is 0 Å². The number of aliphatic hydroxyl groups excluding tert-OH is 2. The first-order chi connectivity index (χ1) is 10.6. The quantitative estimate of drug-likeness (QED) is 0.700. The Bertz CT molecular complexity index is 501. The topological polar surface area (TPSA) is 70.0 Å². The normalized spacial score (nSPS) is 27.0. The van der Waals surface area contributed by atoms with Gasteiger partial charge in [-0.25, -0.2) is 0 Å². The Hall–Kier alpha value is -1.43. The maximum Gasteiger partial charge on any atom is 0.318 e. The lowest BCUT2D eigenvalue weighted by Crippen LogP contribution is -2.47. The highest BCUT2D eigenvalue weighted by molar-refractivity contribution is 5.90.